The second kappa shape index (κ2) is 4.24. The van der Waals surface area contributed by atoms with Crippen molar-refractivity contribution in [3.63, 3.8) is 0 Å². The lowest BCUT2D eigenvalue weighted by Crippen LogP contribution is -2.08. The average Bonchev–Trinajstić information content (AvgIpc) is 2.71. The van der Waals surface area contributed by atoms with E-state index in [1.807, 2.05) is 0 Å². The van der Waals surface area contributed by atoms with Gasteiger partial charge in [-0.1, -0.05) is 6.92 Å². The Balaban J connectivity index is 1.83. The monoisotopic (exact) mass is 160 g/mol. The molecule has 0 spiro atoms. The highest BCUT2D eigenvalue weighted by Crippen LogP contribution is 2.28. The van der Waals surface area contributed by atoms with Crippen LogP contribution >= 0.6 is 12.6 Å². The summed E-state index contributed by atoms with van der Waals surface area (Å²) in [6.45, 7) is 4.04. The van der Waals surface area contributed by atoms with Crippen molar-refractivity contribution >= 4 is 12.6 Å². The van der Waals surface area contributed by atoms with Gasteiger partial charge in [-0.15, -0.1) is 0 Å². The fourth-order valence-corrected chi connectivity index (χ4v) is 0.879. The minimum atomic E-state index is 0.613. The summed E-state index contributed by atoms with van der Waals surface area (Å²) >= 11 is 4.18. The molecular formula is C8H16OS. The van der Waals surface area contributed by atoms with Crippen molar-refractivity contribution in [1.29, 1.82) is 0 Å². The molecule has 10 heavy (non-hydrogen) atoms. The van der Waals surface area contributed by atoms with Crippen LogP contribution in [0.3, 0.4) is 0 Å². The van der Waals surface area contributed by atoms with Gasteiger partial charge in [0.15, 0.2) is 0 Å². The Morgan fingerprint density at radius 1 is 1.60 bits per heavy atom. The van der Waals surface area contributed by atoms with E-state index in [-0.39, 0.29) is 0 Å². The van der Waals surface area contributed by atoms with E-state index in [1.165, 1.54) is 12.8 Å². The molecule has 0 heterocycles. The van der Waals surface area contributed by atoms with Gasteiger partial charge in [-0.05, 0) is 30.4 Å². The first kappa shape index (κ1) is 8.41. The number of rotatable bonds is 5. The molecule has 0 aromatic rings. The van der Waals surface area contributed by atoms with Crippen molar-refractivity contribution in [2.45, 2.75) is 19.8 Å². The van der Waals surface area contributed by atoms with E-state index in [4.69, 9.17) is 4.74 Å². The van der Waals surface area contributed by atoms with Gasteiger partial charge in [0.2, 0.25) is 0 Å². The number of thiol groups is 1. The third kappa shape index (κ3) is 3.47. The second-order valence-electron chi connectivity index (χ2n) is 3.27. The third-order valence-corrected chi connectivity index (χ3v) is 2.39. The molecule has 60 valence electrons. The predicted octanol–water partition coefficient (Wildman–Crippen LogP) is 1.98. The summed E-state index contributed by atoms with van der Waals surface area (Å²) in [5, 5.41) is 0. The Kier molecular flexibility index (Phi) is 3.57. The van der Waals surface area contributed by atoms with Crippen LogP contribution in [0.1, 0.15) is 19.8 Å². The average molecular weight is 160 g/mol. The molecule has 2 heteroatoms. The van der Waals surface area contributed by atoms with E-state index in [0.29, 0.717) is 5.92 Å². The van der Waals surface area contributed by atoms with Crippen LogP contribution in [-0.2, 0) is 4.74 Å². The topological polar surface area (TPSA) is 9.23 Å². The molecule has 1 atom stereocenters. The lowest BCUT2D eigenvalue weighted by molar-refractivity contribution is 0.102. The van der Waals surface area contributed by atoms with Crippen LogP contribution in [0.4, 0.5) is 0 Å². The van der Waals surface area contributed by atoms with Crippen molar-refractivity contribution in [3.8, 4) is 0 Å². The number of ether oxygens (including phenoxy) is 1. The molecule has 0 radical (unpaired) electrons. The molecule has 0 aromatic carbocycles. The maximum Gasteiger partial charge on any atom is 0.0499 e. The maximum atomic E-state index is 5.46. The Morgan fingerprint density at radius 3 is 2.80 bits per heavy atom. The zero-order valence-electron chi connectivity index (χ0n) is 6.55. The van der Waals surface area contributed by atoms with Gasteiger partial charge in [-0.3, -0.25) is 0 Å². The second-order valence-corrected chi connectivity index (χ2v) is 3.63. The van der Waals surface area contributed by atoms with Gasteiger partial charge in [-0.25, -0.2) is 0 Å². The molecule has 1 saturated carbocycles. The highest BCUT2D eigenvalue weighted by atomic mass is 32.1. The van der Waals surface area contributed by atoms with E-state index < -0.39 is 0 Å². The summed E-state index contributed by atoms with van der Waals surface area (Å²) in [5.74, 6) is 2.44. The Hall–Kier alpha value is 0.310. The van der Waals surface area contributed by atoms with Crippen LogP contribution in [-0.4, -0.2) is 19.0 Å². The molecule has 1 aliphatic carbocycles. The van der Waals surface area contributed by atoms with Gasteiger partial charge < -0.3 is 4.74 Å². The van der Waals surface area contributed by atoms with Crippen molar-refractivity contribution in [2.24, 2.45) is 11.8 Å². The fourth-order valence-electron chi connectivity index (χ4n) is 0.773. The summed E-state index contributed by atoms with van der Waals surface area (Å²) in [7, 11) is 0. The molecule has 0 saturated heterocycles. The zero-order chi connectivity index (χ0) is 7.40. The highest BCUT2D eigenvalue weighted by Gasteiger charge is 2.21. The minimum Gasteiger partial charge on any atom is -0.381 e. The summed E-state index contributed by atoms with van der Waals surface area (Å²) in [5.41, 5.74) is 0. The van der Waals surface area contributed by atoms with E-state index >= 15 is 0 Å². The van der Waals surface area contributed by atoms with Crippen LogP contribution in [0.15, 0.2) is 0 Å². The maximum absolute atomic E-state index is 5.46. The lowest BCUT2D eigenvalue weighted by Gasteiger charge is -2.07. The van der Waals surface area contributed by atoms with E-state index in [1.54, 1.807) is 0 Å². The molecule has 0 aromatic heterocycles. The third-order valence-electron chi connectivity index (χ3n) is 1.76. The van der Waals surface area contributed by atoms with E-state index in [9.17, 15) is 0 Å². The molecule has 0 N–H and O–H groups in total. The van der Waals surface area contributed by atoms with E-state index in [2.05, 4.69) is 19.6 Å². The van der Waals surface area contributed by atoms with Gasteiger partial charge in [0.25, 0.3) is 0 Å². The Labute approximate surface area is 68.6 Å². The molecule has 0 amide bonds. The summed E-state index contributed by atoms with van der Waals surface area (Å²) in [4.78, 5) is 0. The van der Waals surface area contributed by atoms with Gasteiger partial charge in [0, 0.05) is 13.2 Å². The largest absolute Gasteiger partial charge is 0.381 e. The smallest absolute Gasteiger partial charge is 0.0499 e. The molecule has 1 aliphatic rings. The first-order chi connectivity index (χ1) is 4.83. The first-order valence-electron chi connectivity index (χ1n) is 4.01. The van der Waals surface area contributed by atoms with Crippen LogP contribution in [0.5, 0.6) is 0 Å². The summed E-state index contributed by atoms with van der Waals surface area (Å²) < 4.78 is 5.46. The van der Waals surface area contributed by atoms with Crippen molar-refractivity contribution < 1.29 is 4.74 Å². The minimum absolute atomic E-state index is 0.613. The zero-order valence-corrected chi connectivity index (χ0v) is 7.44. The lowest BCUT2D eigenvalue weighted by atomic mass is 10.2. The van der Waals surface area contributed by atoms with Gasteiger partial charge in [0.05, 0.1) is 0 Å². The molecule has 1 fully saturated rings. The molecule has 0 aliphatic heterocycles. The SMILES string of the molecule is CC(CS)COCC1CC1. The van der Waals surface area contributed by atoms with Crippen molar-refractivity contribution in [1.82, 2.24) is 0 Å². The summed E-state index contributed by atoms with van der Waals surface area (Å²) in [6, 6.07) is 0. The molecule has 0 bridgehead atoms. The van der Waals surface area contributed by atoms with Crippen molar-refractivity contribution in [3.05, 3.63) is 0 Å². The van der Waals surface area contributed by atoms with Gasteiger partial charge in [-0.2, -0.15) is 12.6 Å². The van der Waals surface area contributed by atoms with E-state index in [0.717, 1.165) is 24.9 Å². The first-order valence-corrected chi connectivity index (χ1v) is 4.64. The van der Waals surface area contributed by atoms with Gasteiger partial charge in [0.1, 0.15) is 0 Å². The van der Waals surface area contributed by atoms with Crippen molar-refractivity contribution in [2.75, 3.05) is 19.0 Å². The summed E-state index contributed by atoms with van der Waals surface area (Å²) in [6.07, 6.45) is 2.77. The molecule has 1 unspecified atom stereocenters. The van der Waals surface area contributed by atoms with Crippen LogP contribution in [0.2, 0.25) is 0 Å². The molecule has 1 nitrogen and oxygen atoms in total. The predicted molar refractivity (Wildman–Crippen MR) is 46.6 cm³/mol. The van der Waals surface area contributed by atoms with Crippen LogP contribution in [0.25, 0.3) is 0 Å². The normalized spacial score (nSPS) is 21.0. The fraction of sp³-hybridized carbons (Fsp3) is 1.00. The Morgan fingerprint density at radius 2 is 2.30 bits per heavy atom. The van der Waals surface area contributed by atoms with Crippen LogP contribution in [0, 0.1) is 11.8 Å². The highest BCUT2D eigenvalue weighted by molar-refractivity contribution is 7.80. The molecule has 1 rings (SSSR count). The number of hydrogen-bond donors (Lipinski definition) is 1. The van der Waals surface area contributed by atoms with Crippen LogP contribution < -0.4 is 0 Å². The Bertz CT molecular complexity index is 91.3. The molecular weight excluding hydrogens is 144 g/mol. The number of hydrogen-bond acceptors (Lipinski definition) is 2. The quantitative estimate of drug-likeness (QED) is 0.605. The standard InChI is InChI=1S/C8H16OS/c1-7(6-10)4-9-5-8-2-3-8/h7-8,10H,2-6H2,1H3. The van der Waals surface area contributed by atoms with Gasteiger partial charge >= 0.3 is 0 Å².